The quantitative estimate of drug-likeness (QED) is 0.718. The fraction of sp³-hybridized carbons (Fsp3) is 0.316. The number of rotatable bonds is 5. The Bertz CT molecular complexity index is 707. The molecule has 1 atom stereocenters. The maximum Gasteiger partial charge on any atom is 0.253 e. The maximum atomic E-state index is 12.6. The molecule has 1 fully saturated rings. The van der Waals surface area contributed by atoms with Crippen LogP contribution in [0.2, 0.25) is 0 Å². The molecule has 1 heterocycles. The van der Waals surface area contributed by atoms with Crippen LogP contribution in [0.5, 0.6) is 5.75 Å². The van der Waals surface area contributed by atoms with Crippen molar-refractivity contribution in [2.75, 3.05) is 25.5 Å². The molecule has 0 saturated carbocycles. The molecule has 0 aliphatic carbocycles. The number of piperidine rings is 1. The van der Waals surface area contributed by atoms with Crippen molar-refractivity contribution in [3.05, 3.63) is 54.1 Å². The zero-order chi connectivity index (χ0) is 16.8. The normalized spacial score (nSPS) is 15.8. The van der Waals surface area contributed by atoms with Gasteiger partial charge in [-0.1, -0.05) is 18.2 Å². The fourth-order valence-electron chi connectivity index (χ4n) is 2.88. The van der Waals surface area contributed by atoms with Crippen LogP contribution in [0.15, 0.2) is 48.5 Å². The minimum absolute atomic E-state index is 0. The lowest BCUT2D eigenvalue weighted by atomic mass is 10.1. The van der Waals surface area contributed by atoms with Gasteiger partial charge < -0.3 is 20.7 Å². The highest BCUT2D eigenvalue weighted by Crippen LogP contribution is 2.24. The summed E-state index contributed by atoms with van der Waals surface area (Å²) in [5, 5.41) is 9.74. The summed E-state index contributed by atoms with van der Waals surface area (Å²) >= 11 is 0. The molecule has 3 N–H and O–H groups in total. The van der Waals surface area contributed by atoms with E-state index in [-0.39, 0.29) is 36.8 Å². The Balaban J connectivity index is 0.00000169. The Labute approximate surface area is 166 Å². The molecule has 1 unspecified atom stereocenters. The Morgan fingerprint density at radius 1 is 1.15 bits per heavy atom. The standard InChI is InChI=1S/C19H23N3O2.2ClH/c1-24-16-8-4-6-14(12-16)21-18-10-3-2-9-17(18)19(23)22-15-7-5-11-20-13-15;;/h2-4,6,8-10,12,15,20-21H,5,7,11,13H2,1H3,(H,22,23);2*1H. The number of methoxy groups -OCH3 is 1. The lowest BCUT2D eigenvalue weighted by Gasteiger charge is -2.24. The van der Waals surface area contributed by atoms with Crippen molar-refractivity contribution in [1.29, 1.82) is 0 Å². The fourth-order valence-corrected chi connectivity index (χ4v) is 2.88. The number of benzene rings is 2. The summed E-state index contributed by atoms with van der Waals surface area (Å²) in [6, 6.07) is 15.4. The molecule has 5 nitrogen and oxygen atoms in total. The van der Waals surface area contributed by atoms with Crippen LogP contribution in [0.25, 0.3) is 0 Å². The van der Waals surface area contributed by atoms with Crippen molar-refractivity contribution < 1.29 is 9.53 Å². The number of amides is 1. The highest BCUT2D eigenvalue weighted by Gasteiger charge is 2.18. The van der Waals surface area contributed by atoms with Gasteiger partial charge in [0.05, 0.1) is 18.4 Å². The third-order valence-corrected chi connectivity index (χ3v) is 4.15. The second-order valence-electron chi connectivity index (χ2n) is 5.92. The van der Waals surface area contributed by atoms with E-state index in [2.05, 4.69) is 16.0 Å². The number of halogens is 2. The Morgan fingerprint density at radius 2 is 1.96 bits per heavy atom. The number of carbonyl (C=O) groups excluding carboxylic acids is 1. The van der Waals surface area contributed by atoms with E-state index in [1.807, 2.05) is 48.5 Å². The molecular weight excluding hydrogens is 373 g/mol. The van der Waals surface area contributed by atoms with Gasteiger partial charge in [-0.05, 0) is 43.7 Å². The first-order chi connectivity index (χ1) is 11.8. The van der Waals surface area contributed by atoms with Crippen molar-refractivity contribution in [2.45, 2.75) is 18.9 Å². The third-order valence-electron chi connectivity index (χ3n) is 4.15. The number of anilines is 2. The molecule has 0 radical (unpaired) electrons. The first-order valence-corrected chi connectivity index (χ1v) is 8.28. The summed E-state index contributed by atoms with van der Waals surface area (Å²) in [6.45, 7) is 1.86. The van der Waals surface area contributed by atoms with E-state index in [1.54, 1.807) is 7.11 Å². The minimum atomic E-state index is -0.0466. The number of ether oxygens (including phenoxy) is 1. The van der Waals surface area contributed by atoms with E-state index < -0.39 is 0 Å². The van der Waals surface area contributed by atoms with Crippen molar-refractivity contribution in [3.63, 3.8) is 0 Å². The molecule has 0 bridgehead atoms. The van der Waals surface area contributed by atoms with Crippen LogP contribution in [0, 0.1) is 0 Å². The van der Waals surface area contributed by atoms with E-state index in [4.69, 9.17) is 4.74 Å². The van der Waals surface area contributed by atoms with Gasteiger partial charge in [0.1, 0.15) is 5.75 Å². The number of carbonyl (C=O) groups is 1. The first kappa shape index (κ1) is 22.1. The van der Waals surface area contributed by atoms with Gasteiger partial charge in [0.15, 0.2) is 0 Å². The van der Waals surface area contributed by atoms with Crippen LogP contribution >= 0.6 is 24.8 Å². The van der Waals surface area contributed by atoms with Crippen molar-refractivity contribution in [3.8, 4) is 5.75 Å². The molecule has 1 amide bonds. The number of nitrogens with one attached hydrogen (secondary N) is 3. The molecule has 7 heteroatoms. The van der Waals surface area contributed by atoms with Gasteiger partial charge in [0.25, 0.3) is 5.91 Å². The SMILES string of the molecule is COc1cccc(Nc2ccccc2C(=O)NC2CCCNC2)c1.Cl.Cl. The smallest absolute Gasteiger partial charge is 0.253 e. The molecule has 142 valence electrons. The molecule has 2 aromatic carbocycles. The lowest BCUT2D eigenvalue weighted by Crippen LogP contribution is -2.45. The zero-order valence-corrected chi connectivity index (χ0v) is 16.3. The molecule has 26 heavy (non-hydrogen) atoms. The predicted octanol–water partition coefficient (Wildman–Crippen LogP) is 3.76. The lowest BCUT2D eigenvalue weighted by molar-refractivity contribution is 0.0931. The molecule has 0 aromatic heterocycles. The van der Waals surface area contributed by atoms with Crippen LogP contribution in [-0.4, -0.2) is 32.1 Å². The summed E-state index contributed by atoms with van der Waals surface area (Å²) < 4.78 is 5.24. The minimum Gasteiger partial charge on any atom is -0.497 e. The van der Waals surface area contributed by atoms with E-state index in [9.17, 15) is 4.79 Å². The van der Waals surface area contributed by atoms with Gasteiger partial charge in [0, 0.05) is 24.3 Å². The number of hydrogen-bond donors (Lipinski definition) is 3. The van der Waals surface area contributed by atoms with Crippen molar-refractivity contribution in [2.24, 2.45) is 0 Å². The Morgan fingerprint density at radius 3 is 2.69 bits per heavy atom. The molecule has 3 rings (SSSR count). The monoisotopic (exact) mass is 397 g/mol. The molecule has 2 aromatic rings. The van der Waals surface area contributed by atoms with Gasteiger partial charge in [0.2, 0.25) is 0 Å². The van der Waals surface area contributed by atoms with Gasteiger partial charge in [-0.25, -0.2) is 0 Å². The summed E-state index contributed by atoms with van der Waals surface area (Å²) in [7, 11) is 1.64. The first-order valence-electron chi connectivity index (χ1n) is 8.28. The topological polar surface area (TPSA) is 62.4 Å². The van der Waals surface area contributed by atoms with Gasteiger partial charge in [-0.3, -0.25) is 4.79 Å². The Hall–Kier alpha value is -1.95. The molecule has 1 aliphatic rings. The van der Waals surface area contributed by atoms with Gasteiger partial charge in [-0.15, -0.1) is 24.8 Å². The van der Waals surface area contributed by atoms with Gasteiger partial charge in [-0.2, -0.15) is 0 Å². The number of hydrogen-bond acceptors (Lipinski definition) is 4. The molecule has 1 saturated heterocycles. The van der Waals surface area contributed by atoms with Crippen LogP contribution in [0.1, 0.15) is 23.2 Å². The van der Waals surface area contributed by atoms with E-state index in [0.29, 0.717) is 5.56 Å². The Kier molecular flexibility index (Phi) is 9.27. The average Bonchev–Trinajstić information content (AvgIpc) is 2.63. The largest absolute Gasteiger partial charge is 0.497 e. The third kappa shape index (κ3) is 5.80. The molecule has 0 spiro atoms. The average molecular weight is 398 g/mol. The van der Waals surface area contributed by atoms with Crippen LogP contribution < -0.4 is 20.7 Å². The molecular formula is C19H25Cl2N3O2. The second kappa shape index (κ2) is 10.9. The van der Waals surface area contributed by atoms with Crippen LogP contribution in [0.4, 0.5) is 11.4 Å². The summed E-state index contributed by atoms with van der Waals surface area (Å²) in [6.07, 6.45) is 2.11. The van der Waals surface area contributed by atoms with E-state index in [1.165, 1.54) is 0 Å². The summed E-state index contributed by atoms with van der Waals surface area (Å²) in [5.74, 6) is 0.727. The van der Waals surface area contributed by atoms with Crippen molar-refractivity contribution in [1.82, 2.24) is 10.6 Å². The van der Waals surface area contributed by atoms with Crippen LogP contribution in [-0.2, 0) is 0 Å². The summed E-state index contributed by atoms with van der Waals surface area (Å²) in [4.78, 5) is 12.6. The predicted molar refractivity (Wildman–Crippen MR) is 111 cm³/mol. The van der Waals surface area contributed by atoms with Crippen molar-refractivity contribution >= 4 is 42.1 Å². The highest BCUT2D eigenvalue weighted by atomic mass is 35.5. The van der Waals surface area contributed by atoms with E-state index >= 15 is 0 Å². The second-order valence-corrected chi connectivity index (χ2v) is 5.92. The van der Waals surface area contributed by atoms with Crippen LogP contribution in [0.3, 0.4) is 0 Å². The van der Waals surface area contributed by atoms with E-state index in [0.717, 1.165) is 43.1 Å². The zero-order valence-electron chi connectivity index (χ0n) is 14.7. The maximum absolute atomic E-state index is 12.6. The molecule has 1 aliphatic heterocycles. The summed E-state index contributed by atoms with van der Waals surface area (Å²) in [5.41, 5.74) is 2.31. The number of para-hydroxylation sites is 1. The highest BCUT2D eigenvalue weighted by molar-refractivity contribution is 6.00. The van der Waals surface area contributed by atoms with Gasteiger partial charge >= 0.3 is 0 Å².